The molecule has 122 valence electrons. The summed E-state index contributed by atoms with van der Waals surface area (Å²) in [5.41, 5.74) is 17.1. The highest BCUT2D eigenvalue weighted by atomic mass is 15.1. The van der Waals surface area contributed by atoms with E-state index in [1.807, 2.05) is 37.3 Å². The van der Waals surface area contributed by atoms with E-state index in [0.717, 1.165) is 28.2 Å². The van der Waals surface area contributed by atoms with Crippen LogP contribution in [0.4, 0.5) is 5.69 Å². The highest BCUT2D eigenvalue weighted by Crippen LogP contribution is 2.42. The molecule has 0 bridgehead atoms. The van der Waals surface area contributed by atoms with Gasteiger partial charge in [0.15, 0.2) is 0 Å². The standard InChI is InChI=1S/C17H19N7/c1-10-16(18)22-15-8-11(14-5-7-21-24-14)2-3-13(15)17(10,19)9-12-4-6-20-23-12/h2-8,10H,9,19H2,1H3,(H2,18,22)(H,20,23)(H,21,24). The van der Waals surface area contributed by atoms with E-state index in [9.17, 15) is 0 Å². The van der Waals surface area contributed by atoms with Crippen LogP contribution in [-0.2, 0) is 12.0 Å². The van der Waals surface area contributed by atoms with Gasteiger partial charge in [0, 0.05) is 36.0 Å². The molecule has 2 unspecified atom stereocenters. The molecule has 0 radical (unpaired) electrons. The Hall–Kier alpha value is -2.93. The Morgan fingerprint density at radius 1 is 1.12 bits per heavy atom. The zero-order chi connectivity index (χ0) is 16.7. The first-order chi connectivity index (χ1) is 11.6. The number of H-pyrrole nitrogens is 2. The van der Waals surface area contributed by atoms with Crippen molar-refractivity contribution in [2.45, 2.75) is 18.9 Å². The van der Waals surface area contributed by atoms with E-state index in [-0.39, 0.29) is 5.92 Å². The average Bonchev–Trinajstić information content (AvgIpc) is 3.26. The van der Waals surface area contributed by atoms with Crippen molar-refractivity contribution in [1.29, 1.82) is 0 Å². The fraction of sp³-hybridized carbons (Fsp3) is 0.235. The van der Waals surface area contributed by atoms with Gasteiger partial charge in [-0.3, -0.25) is 10.2 Å². The third kappa shape index (κ3) is 2.21. The number of rotatable bonds is 3. The lowest BCUT2D eigenvalue weighted by molar-refractivity contribution is 0.354. The SMILES string of the molecule is CC1C(N)=Nc2cc(-c3ccn[nH]3)ccc2C1(N)Cc1ccn[nH]1. The fourth-order valence-corrected chi connectivity index (χ4v) is 3.28. The lowest BCUT2D eigenvalue weighted by Crippen LogP contribution is -2.51. The van der Waals surface area contributed by atoms with Gasteiger partial charge in [-0.25, -0.2) is 4.99 Å². The van der Waals surface area contributed by atoms with Gasteiger partial charge in [0.1, 0.15) is 5.84 Å². The summed E-state index contributed by atoms with van der Waals surface area (Å²) in [6.07, 6.45) is 4.06. The number of nitrogens with one attached hydrogen (secondary N) is 2. The van der Waals surface area contributed by atoms with Crippen molar-refractivity contribution in [3.63, 3.8) is 0 Å². The number of fused-ring (bicyclic) bond motifs is 1. The number of hydrogen-bond donors (Lipinski definition) is 4. The Labute approximate surface area is 139 Å². The van der Waals surface area contributed by atoms with Crippen LogP contribution in [0.25, 0.3) is 11.3 Å². The van der Waals surface area contributed by atoms with E-state index in [2.05, 4.69) is 25.4 Å². The first-order valence-electron chi connectivity index (χ1n) is 7.83. The fourth-order valence-electron chi connectivity index (χ4n) is 3.28. The van der Waals surface area contributed by atoms with Crippen LogP contribution in [0.5, 0.6) is 0 Å². The van der Waals surface area contributed by atoms with Crippen LogP contribution < -0.4 is 11.5 Å². The number of benzene rings is 1. The number of amidine groups is 1. The average molecular weight is 321 g/mol. The lowest BCUT2D eigenvalue weighted by atomic mass is 9.73. The monoisotopic (exact) mass is 321 g/mol. The van der Waals surface area contributed by atoms with Gasteiger partial charge in [-0.05, 0) is 23.8 Å². The summed E-state index contributed by atoms with van der Waals surface area (Å²) >= 11 is 0. The number of aromatic nitrogens is 4. The molecule has 1 aromatic carbocycles. The van der Waals surface area contributed by atoms with Gasteiger partial charge in [0.2, 0.25) is 0 Å². The van der Waals surface area contributed by atoms with Gasteiger partial charge in [-0.2, -0.15) is 10.2 Å². The third-order valence-electron chi connectivity index (χ3n) is 4.82. The van der Waals surface area contributed by atoms with Crippen molar-refractivity contribution >= 4 is 11.5 Å². The van der Waals surface area contributed by atoms with Crippen molar-refractivity contribution in [2.24, 2.45) is 22.4 Å². The number of hydrogen-bond acceptors (Lipinski definition) is 5. The van der Waals surface area contributed by atoms with Crippen LogP contribution in [0.3, 0.4) is 0 Å². The molecule has 6 N–H and O–H groups in total. The molecule has 0 aliphatic carbocycles. The second kappa shape index (κ2) is 5.31. The second-order valence-corrected chi connectivity index (χ2v) is 6.26. The third-order valence-corrected chi connectivity index (χ3v) is 4.82. The van der Waals surface area contributed by atoms with E-state index in [1.54, 1.807) is 12.4 Å². The smallest absolute Gasteiger partial charge is 0.105 e. The van der Waals surface area contributed by atoms with Gasteiger partial charge < -0.3 is 11.5 Å². The topological polar surface area (TPSA) is 122 Å². The minimum absolute atomic E-state index is 0.0775. The summed E-state index contributed by atoms with van der Waals surface area (Å²) in [5, 5.41) is 14.0. The summed E-state index contributed by atoms with van der Waals surface area (Å²) < 4.78 is 0. The molecule has 0 amide bonds. The number of nitrogens with two attached hydrogens (primary N) is 2. The predicted molar refractivity (Wildman–Crippen MR) is 92.6 cm³/mol. The predicted octanol–water partition coefficient (Wildman–Crippen LogP) is 1.83. The summed E-state index contributed by atoms with van der Waals surface area (Å²) in [6.45, 7) is 2.01. The van der Waals surface area contributed by atoms with Gasteiger partial charge in [0.25, 0.3) is 0 Å². The van der Waals surface area contributed by atoms with Crippen LogP contribution in [-0.4, -0.2) is 26.2 Å². The molecule has 3 heterocycles. The first kappa shape index (κ1) is 14.6. The van der Waals surface area contributed by atoms with Crippen LogP contribution >= 0.6 is 0 Å². The second-order valence-electron chi connectivity index (χ2n) is 6.26. The van der Waals surface area contributed by atoms with Crippen molar-refractivity contribution in [3.8, 4) is 11.3 Å². The Balaban J connectivity index is 1.82. The Kier molecular flexibility index (Phi) is 3.24. The molecule has 0 spiro atoms. The van der Waals surface area contributed by atoms with Gasteiger partial charge in [0.05, 0.1) is 16.9 Å². The Morgan fingerprint density at radius 2 is 1.92 bits per heavy atom. The highest BCUT2D eigenvalue weighted by Gasteiger charge is 2.41. The number of aliphatic imine (C=N–C) groups is 1. The van der Waals surface area contributed by atoms with Crippen molar-refractivity contribution < 1.29 is 0 Å². The minimum atomic E-state index is -0.639. The summed E-state index contributed by atoms with van der Waals surface area (Å²) in [4.78, 5) is 4.58. The maximum absolute atomic E-state index is 6.84. The normalized spacial score (nSPS) is 22.9. The maximum Gasteiger partial charge on any atom is 0.105 e. The van der Waals surface area contributed by atoms with E-state index >= 15 is 0 Å². The summed E-state index contributed by atoms with van der Waals surface area (Å²) in [5.74, 6) is 0.470. The van der Waals surface area contributed by atoms with E-state index in [1.165, 1.54) is 0 Å². The molecule has 7 nitrogen and oxygen atoms in total. The molecule has 2 atom stereocenters. The highest BCUT2D eigenvalue weighted by molar-refractivity contribution is 5.90. The molecule has 0 saturated carbocycles. The van der Waals surface area contributed by atoms with E-state index in [0.29, 0.717) is 12.3 Å². The maximum atomic E-state index is 6.84. The van der Waals surface area contributed by atoms with Crippen LogP contribution in [0.2, 0.25) is 0 Å². The molecule has 2 aromatic heterocycles. The molecule has 3 aromatic rings. The van der Waals surface area contributed by atoms with Crippen molar-refractivity contribution in [3.05, 3.63) is 54.0 Å². The number of nitrogens with zero attached hydrogens (tertiary/aromatic N) is 3. The van der Waals surface area contributed by atoms with Crippen LogP contribution in [0.1, 0.15) is 18.2 Å². The van der Waals surface area contributed by atoms with Gasteiger partial charge in [-0.1, -0.05) is 19.1 Å². The summed E-state index contributed by atoms with van der Waals surface area (Å²) in [7, 11) is 0. The largest absolute Gasteiger partial charge is 0.387 e. The molecule has 24 heavy (non-hydrogen) atoms. The molecular formula is C17H19N7. The van der Waals surface area contributed by atoms with Gasteiger partial charge >= 0.3 is 0 Å². The molecule has 0 saturated heterocycles. The van der Waals surface area contributed by atoms with Gasteiger partial charge in [-0.15, -0.1) is 0 Å². The Bertz CT molecular complexity index is 880. The molecule has 0 fully saturated rings. The molecule has 1 aliphatic rings. The van der Waals surface area contributed by atoms with Crippen LogP contribution in [0, 0.1) is 5.92 Å². The van der Waals surface area contributed by atoms with Crippen molar-refractivity contribution in [2.75, 3.05) is 0 Å². The Morgan fingerprint density at radius 3 is 2.62 bits per heavy atom. The number of aromatic amines is 2. The van der Waals surface area contributed by atoms with E-state index in [4.69, 9.17) is 11.5 Å². The zero-order valence-electron chi connectivity index (χ0n) is 13.3. The molecule has 1 aliphatic heterocycles. The minimum Gasteiger partial charge on any atom is -0.387 e. The first-order valence-corrected chi connectivity index (χ1v) is 7.83. The summed E-state index contributed by atoms with van der Waals surface area (Å²) in [6, 6.07) is 9.91. The zero-order valence-corrected chi connectivity index (χ0v) is 13.3. The lowest BCUT2D eigenvalue weighted by Gasteiger charge is -2.39. The molecule has 7 heteroatoms. The molecule has 4 rings (SSSR count). The van der Waals surface area contributed by atoms with E-state index < -0.39 is 5.54 Å². The quantitative estimate of drug-likeness (QED) is 0.588. The van der Waals surface area contributed by atoms with Crippen molar-refractivity contribution in [1.82, 2.24) is 20.4 Å². The molecular weight excluding hydrogens is 302 g/mol. The van der Waals surface area contributed by atoms with Crippen LogP contribution in [0.15, 0.2) is 47.7 Å².